The molecule has 3 N–H and O–H groups in total. The molecule has 0 saturated heterocycles. The molecule has 0 aliphatic heterocycles. The number of carboxylic acid groups (broad SMARTS) is 1. The van der Waals surface area contributed by atoms with Crippen molar-refractivity contribution in [3.63, 3.8) is 0 Å². The van der Waals surface area contributed by atoms with Gasteiger partial charge in [0.05, 0.1) is 6.42 Å². The second-order valence-corrected chi connectivity index (χ2v) is 4.27. The number of rotatable bonds is 4. The average Bonchev–Trinajstić information content (AvgIpc) is 2.39. The lowest BCUT2D eigenvalue weighted by Gasteiger charge is -2.07. The van der Waals surface area contributed by atoms with Crippen LogP contribution in [0, 0.1) is 0 Å². The molecule has 1 amide bonds. The van der Waals surface area contributed by atoms with Gasteiger partial charge in [-0.3, -0.25) is 9.59 Å². The second-order valence-electron chi connectivity index (χ2n) is 4.27. The normalized spacial score (nSPS) is 10.0. The summed E-state index contributed by atoms with van der Waals surface area (Å²) >= 11 is 0. The molecule has 0 aromatic heterocycles. The molecule has 2 aromatic rings. The van der Waals surface area contributed by atoms with Crippen LogP contribution >= 0.6 is 0 Å². The summed E-state index contributed by atoms with van der Waals surface area (Å²) in [6, 6.07) is 12.5. The molecule has 0 aliphatic rings. The summed E-state index contributed by atoms with van der Waals surface area (Å²) in [5, 5.41) is 20.6. The lowest BCUT2D eigenvalue weighted by atomic mass is 10.1. The molecule has 5 nitrogen and oxygen atoms in total. The number of carboxylic acids is 1. The van der Waals surface area contributed by atoms with Crippen molar-refractivity contribution in [2.75, 3.05) is 5.32 Å². The highest BCUT2D eigenvalue weighted by Gasteiger charge is 2.07. The SMILES string of the molecule is O=C(O)Cc1cccc(NC(=O)c2ccc(O)cc2)c1. The van der Waals surface area contributed by atoms with Crippen LogP contribution in [-0.2, 0) is 11.2 Å². The molecule has 2 aromatic carbocycles. The van der Waals surface area contributed by atoms with Gasteiger partial charge in [-0.2, -0.15) is 0 Å². The number of hydrogen-bond acceptors (Lipinski definition) is 3. The van der Waals surface area contributed by atoms with Crippen LogP contribution in [0.15, 0.2) is 48.5 Å². The molecule has 0 atom stereocenters. The maximum atomic E-state index is 11.9. The maximum absolute atomic E-state index is 11.9. The van der Waals surface area contributed by atoms with Gasteiger partial charge in [0.2, 0.25) is 0 Å². The molecule has 102 valence electrons. The number of anilines is 1. The predicted octanol–water partition coefficient (Wildman–Crippen LogP) is 2.27. The van der Waals surface area contributed by atoms with E-state index in [9.17, 15) is 9.59 Å². The van der Waals surface area contributed by atoms with E-state index in [1.807, 2.05) is 0 Å². The average molecular weight is 271 g/mol. The Kier molecular flexibility index (Phi) is 4.00. The zero-order valence-corrected chi connectivity index (χ0v) is 10.5. The van der Waals surface area contributed by atoms with E-state index in [1.54, 1.807) is 24.3 Å². The van der Waals surface area contributed by atoms with Gasteiger partial charge in [0, 0.05) is 11.3 Å². The minimum atomic E-state index is -0.924. The molecule has 0 heterocycles. The Balaban J connectivity index is 2.11. The van der Waals surface area contributed by atoms with E-state index < -0.39 is 5.97 Å². The molecule has 0 fully saturated rings. The first-order chi connectivity index (χ1) is 9.54. The van der Waals surface area contributed by atoms with E-state index in [1.165, 1.54) is 24.3 Å². The third-order valence-electron chi connectivity index (χ3n) is 2.67. The third kappa shape index (κ3) is 3.58. The number of carbonyl (C=O) groups is 2. The van der Waals surface area contributed by atoms with Gasteiger partial charge in [-0.25, -0.2) is 0 Å². The number of carbonyl (C=O) groups excluding carboxylic acids is 1. The molecule has 0 bridgehead atoms. The summed E-state index contributed by atoms with van der Waals surface area (Å²) in [7, 11) is 0. The van der Waals surface area contributed by atoms with Crippen molar-refractivity contribution in [3.05, 3.63) is 59.7 Å². The molecule has 0 radical (unpaired) electrons. The van der Waals surface area contributed by atoms with Crippen LogP contribution < -0.4 is 5.32 Å². The predicted molar refractivity (Wildman–Crippen MR) is 73.8 cm³/mol. The van der Waals surface area contributed by atoms with Gasteiger partial charge in [0.1, 0.15) is 5.75 Å². The van der Waals surface area contributed by atoms with Gasteiger partial charge >= 0.3 is 5.97 Å². The van der Waals surface area contributed by atoms with Crippen molar-refractivity contribution in [1.82, 2.24) is 0 Å². The van der Waals surface area contributed by atoms with Crippen molar-refractivity contribution in [2.24, 2.45) is 0 Å². The summed E-state index contributed by atoms with van der Waals surface area (Å²) in [5.41, 5.74) is 1.55. The Morgan fingerprint density at radius 2 is 1.75 bits per heavy atom. The van der Waals surface area contributed by atoms with Crippen molar-refractivity contribution < 1.29 is 19.8 Å². The van der Waals surface area contributed by atoms with Crippen LogP contribution in [0.25, 0.3) is 0 Å². The standard InChI is InChI=1S/C15H13NO4/c17-13-6-4-11(5-7-13)15(20)16-12-3-1-2-10(8-12)9-14(18)19/h1-8,17H,9H2,(H,16,20)(H,18,19). The minimum absolute atomic E-state index is 0.0880. The molecule has 0 aliphatic carbocycles. The van der Waals surface area contributed by atoms with Crippen LogP contribution in [0.2, 0.25) is 0 Å². The van der Waals surface area contributed by atoms with Crippen LogP contribution in [0.5, 0.6) is 5.75 Å². The molecule has 5 heteroatoms. The topological polar surface area (TPSA) is 86.6 Å². The molecular weight excluding hydrogens is 258 g/mol. The number of aromatic hydroxyl groups is 1. The van der Waals surface area contributed by atoms with Crippen LogP contribution in [0.4, 0.5) is 5.69 Å². The van der Waals surface area contributed by atoms with E-state index in [4.69, 9.17) is 10.2 Å². The number of amides is 1. The fourth-order valence-corrected chi connectivity index (χ4v) is 1.75. The number of phenols is 1. The minimum Gasteiger partial charge on any atom is -0.508 e. The van der Waals surface area contributed by atoms with E-state index in [0.717, 1.165) is 0 Å². The molecule has 0 unspecified atom stereocenters. The Morgan fingerprint density at radius 3 is 2.40 bits per heavy atom. The zero-order chi connectivity index (χ0) is 14.5. The summed E-state index contributed by atoms with van der Waals surface area (Å²) in [6.45, 7) is 0. The summed E-state index contributed by atoms with van der Waals surface area (Å²) < 4.78 is 0. The summed E-state index contributed by atoms with van der Waals surface area (Å²) in [4.78, 5) is 22.6. The highest BCUT2D eigenvalue weighted by molar-refractivity contribution is 6.04. The largest absolute Gasteiger partial charge is 0.508 e. The fraction of sp³-hybridized carbons (Fsp3) is 0.0667. The highest BCUT2D eigenvalue weighted by Crippen LogP contribution is 2.14. The van der Waals surface area contributed by atoms with Crippen molar-refractivity contribution in [3.8, 4) is 5.75 Å². The van der Waals surface area contributed by atoms with Gasteiger partial charge in [-0.05, 0) is 42.0 Å². The first-order valence-corrected chi connectivity index (χ1v) is 5.96. The molecule has 0 saturated carbocycles. The number of nitrogens with one attached hydrogen (secondary N) is 1. The zero-order valence-electron chi connectivity index (χ0n) is 10.5. The van der Waals surface area contributed by atoms with E-state index in [0.29, 0.717) is 16.8 Å². The monoisotopic (exact) mass is 271 g/mol. The molecular formula is C15H13NO4. The smallest absolute Gasteiger partial charge is 0.307 e. The van der Waals surface area contributed by atoms with Crippen LogP contribution in [0.1, 0.15) is 15.9 Å². The van der Waals surface area contributed by atoms with Gasteiger partial charge in [0.15, 0.2) is 0 Å². The van der Waals surface area contributed by atoms with E-state index in [-0.39, 0.29) is 18.1 Å². The summed E-state index contributed by atoms with van der Waals surface area (Å²) in [5.74, 6) is -1.16. The number of benzene rings is 2. The fourth-order valence-electron chi connectivity index (χ4n) is 1.75. The van der Waals surface area contributed by atoms with Gasteiger partial charge in [0.25, 0.3) is 5.91 Å². The highest BCUT2D eigenvalue weighted by atomic mass is 16.4. The van der Waals surface area contributed by atoms with Gasteiger partial charge < -0.3 is 15.5 Å². The lowest BCUT2D eigenvalue weighted by molar-refractivity contribution is -0.136. The van der Waals surface area contributed by atoms with Crippen molar-refractivity contribution in [1.29, 1.82) is 0 Å². The Labute approximate surface area is 115 Å². The first kappa shape index (κ1) is 13.6. The number of hydrogen-bond donors (Lipinski definition) is 3. The molecule has 2 rings (SSSR count). The van der Waals surface area contributed by atoms with E-state index in [2.05, 4.69) is 5.32 Å². The Morgan fingerprint density at radius 1 is 1.05 bits per heavy atom. The second kappa shape index (κ2) is 5.88. The maximum Gasteiger partial charge on any atom is 0.307 e. The third-order valence-corrected chi connectivity index (χ3v) is 2.67. The van der Waals surface area contributed by atoms with E-state index >= 15 is 0 Å². The van der Waals surface area contributed by atoms with Crippen molar-refractivity contribution >= 4 is 17.6 Å². The molecule has 20 heavy (non-hydrogen) atoms. The quantitative estimate of drug-likeness (QED) is 0.796. The number of aliphatic carboxylic acids is 1. The first-order valence-electron chi connectivity index (χ1n) is 5.96. The van der Waals surface area contributed by atoms with Gasteiger partial charge in [-0.1, -0.05) is 12.1 Å². The Bertz CT molecular complexity index is 635. The Hall–Kier alpha value is -2.82. The van der Waals surface area contributed by atoms with Crippen LogP contribution in [-0.4, -0.2) is 22.1 Å². The lowest BCUT2D eigenvalue weighted by Crippen LogP contribution is -2.12. The number of phenolic OH excluding ortho intramolecular Hbond substituents is 1. The summed E-state index contributed by atoms with van der Waals surface area (Å²) in [6.07, 6.45) is -0.0943. The van der Waals surface area contributed by atoms with Gasteiger partial charge in [-0.15, -0.1) is 0 Å². The van der Waals surface area contributed by atoms with Crippen LogP contribution in [0.3, 0.4) is 0 Å². The molecule has 0 spiro atoms. The van der Waals surface area contributed by atoms with Crippen molar-refractivity contribution in [2.45, 2.75) is 6.42 Å².